The van der Waals surface area contributed by atoms with Gasteiger partial charge in [-0.3, -0.25) is 4.90 Å². The molecule has 1 aliphatic heterocycles. The Labute approximate surface area is 120 Å². The van der Waals surface area contributed by atoms with Gasteiger partial charge in [-0.25, -0.2) is 0 Å². The maximum Gasteiger partial charge on any atom is 0.0541 e. The molecule has 100 valence electrons. The summed E-state index contributed by atoms with van der Waals surface area (Å²) in [5.74, 6) is 0. The zero-order chi connectivity index (χ0) is 13.3. The van der Waals surface area contributed by atoms with Crippen molar-refractivity contribution in [3.8, 4) is 0 Å². The predicted molar refractivity (Wildman–Crippen MR) is 81.6 cm³/mol. The van der Waals surface area contributed by atoms with E-state index in [9.17, 15) is 0 Å². The number of rotatable bonds is 2. The van der Waals surface area contributed by atoms with Crippen molar-refractivity contribution in [3.05, 3.63) is 29.3 Å². The van der Waals surface area contributed by atoms with Gasteiger partial charge in [0.25, 0.3) is 0 Å². The summed E-state index contributed by atoms with van der Waals surface area (Å²) in [7, 11) is 0. The molecule has 1 saturated heterocycles. The van der Waals surface area contributed by atoms with Crippen LogP contribution in [0.2, 0.25) is 5.02 Å². The molecule has 1 fully saturated rings. The Kier molecular flexibility index (Phi) is 4.30. The largest absolute Gasteiger partial charge is 0.295 e. The Balaban J connectivity index is 2.04. The Morgan fingerprint density at radius 3 is 2.50 bits per heavy atom. The normalized spacial score (nSPS) is 25.6. The lowest BCUT2D eigenvalue weighted by Gasteiger charge is -2.35. The van der Waals surface area contributed by atoms with Gasteiger partial charge in [-0.15, -0.1) is 11.8 Å². The summed E-state index contributed by atoms with van der Waals surface area (Å²) < 4.78 is 0. The van der Waals surface area contributed by atoms with E-state index in [2.05, 4.69) is 44.7 Å². The van der Waals surface area contributed by atoms with Gasteiger partial charge in [0, 0.05) is 28.3 Å². The summed E-state index contributed by atoms with van der Waals surface area (Å²) in [4.78, 5) is 3.81. The summed E-state index contributed by atoms with van der Waals surface area (Å²) in [6.07, 6.45) is 1.24. The first kappa shape index (κ1) is 14.2. The monoisotopic (exact) mass is 283 g/mol. The van der Waals surface area contributed by atoms with E-state index in [4.69, 9.17) is 11.6 Å². The Morgan fingerprint density at radius 1 is 1.28 bits per heavy atom. The van der Waals surface area contributed by atoms with Crippen LogP contribution in [-0.4, -0.2) is 28.3 Å². The highest BCUT2D eigenvalue weighted by molar-refractivity contribution is 8.00. The van der Waals surface area contributed by atoms with Gasteiger partial charge in [-0.2, -0.15) is 0 Å². The number of nitrogens with zero attached hydrogens (tertiary/aromatic N) is 1. The molecular weight excluding hydrogens is 262 g/mol. The van der Waals surface area contributed by atoms with Crippen molar-refractivity contribution in [2.75, 3.05) is 6.54 Å². The minimum absolute atomic E-state index is 0.259. The van der Waals surface area contributed by atoms with Crippen LogP contribution in [0.5, 0.6) is 0 Å². The van der Waals surface area contributed by atoms with E-state index >= 15 is 0 Å². The molecule has 2 atom stereocenters. The van der Waals surface area contributed by atoms with Crippen LogP contribution >= 0.6 is 23.4 Å². The molecule has 1 aromatic rings. The molecule has 0 aliphatic carbocycles. The fraction of sp³-hybridized carbons (Fsp3) is 0.600. The fourth-order valence-electron chi connectivity index (χ4n) is 2.72. The third-order valence-corrected chi connectivity index (χ3v) is 5.25. The van der Waals surface area contributed by atoms with Crippen LogP contribution in [0.4, 0.5) is 0 Å². The van der Waals surface area contributed by atoms with E-state index in [0.29, 0.717) is 11.3 Å². The number of hydrogen-bond donors (Lipinski definition) is 0. The third-order valence-electron chi connectivity index (χ3n) is 3.53. The first-order valence-corrected chi connectivity index (χ1v) is 7.81. The molecule has 0 N–H and O–H groups in total. The molecule has 1 nitrogen and oxygen atoms in total. The number of benzene rings is 1. The average molecular weight is 284 g/mol. The van der Waals surface area contributed by atoms with Crippen molar-refractivity contribution in [2.24, 2.45) is 0 Å². The summed E-state index contributed by atoms with van der Waals surface area (Å²) in [5, 5.41) is 1.53. The molecular formula is C15H22ClNS. The summed E-state index contributed by atoms with van der Waals surface area (Å²) in [6, 6.07) is 8.81. The standard InChI is InChI=1S/C15H22ClNS/c1-11-9-12(10-17(11)15(2,3)4)18-14-8-6-5-7-13(14)16/h5-8,11-12H,9-10H2,1-4H3/t11-,12+/m0/s1. The van der Waals surface area contributed by atoms with Gasteiger partial charge in [0.2, 0.25) is 0 Å². The quantitative estimate of drug-likeness (QED) is 0.774. The zero-order valence-electron chi connectivity index (χ0n) is 11.6. The smallest absolute Gasteiger partial charge is 0.0541 e. The van der Waals surface area contributed by atoms with E-state index in [1.54, 1.807) is 0 Å². The van der Waals surface area contributed by atoms with Gasteiger partial charge >= 0.3 is 0 Å². The van der Waals surface area contributed by atoms with E-state index in [1.165, 1.54) is 11.3 Å². The van der Waals surface area contributed by atoms with Crippen molar-refractivity contribution in [3.63, 3.8) is 0 Å². The van der Waals surface area contributed by atoms with Gasteiger partial charge in [0.1, 0.15) is 0 Å². The van der Waals surface area contributed by atoms with Crippen molar-refractivity contribution < 1.29 is 0 Å². The van der Waals surface area contributed by atoms with Crippen molar-refractivity contribution in [2.45, 2.75) is 55.8 Å². The molecule has 3 heteroatoms. The molecule has 2 rings (SSSR count). The van der Waals surface area contributed by atoms with Crippen molar-refractivity contribution in [1.29, 1.82) is 0 Å². The Morgan fingerprint density at radius 2 is 1.94 bits per heavy atom. The molecule has 1 aromatic carbocycles. The SMILES string of the molecule is C[C@H]1C[C@@H](Sc2ccccc2Cl)CN1C(C)(C)C. The third kappa shape index (κ3) is 3.23. The Bertz CT molecular complexity index is 413. The number of thioether (sulfide) groups is 1. The molecule has 1 heterocycles. The van der Waals surface area contributed by atoms with Crippen LogP contribution < -0.4 is 0 Å². The van der Waals surface area contributed by atoms with E-state index in [-0.39, 0.29) is 5.54 Å². The first-order valence-electron chi connectivity index (χ1n) is 6.56. The topological polar surface area (TPSA) is 3.24 Å². The van der Waals surface area contributed by atoms with E-state index in [0.717, 1.165) is 11.6 Å². The number of likely N-dealkylation sites (tertiary alicyclic amines) is 1. The summed E-state index contributed by atoms with van der Waals surface area (Å²) in [6.45, 7) is 10.4. The number of hydrogen-bond acceptors (Lipinski definition) is 2. The molecule has 0 saturated carbocycles. The lowest BCUT2D eigenvalue weighted by atomic mass is 10.1. The van der Waals surface area contributed by atoms with Crippen LogP contribution in [0.1, 0.15) is 34.1 Å². The van der Waals surface area contributed by atoms with Crippen molar-refractivity contribution in [1.82, 2.24) is 4.90 Å². The lowest BCUT2D eigenvalue weighted by Crippen LogP contribution is -2.43. The average Bonchev–Trinajstić information content (AvgIpc) is 2.63. The molecule has 0 aromatic heterocycles. The van der Waals surface area contributed by atoms with E-state index in [1.807, 2.05) is 23.9 Å². The molecule has 0 amide bonds. The van der Waals surface area contributed by atoms with Crippen LogP contribution in [-0.2, 0) is 0 Å². The molecule has 0 bridgehead atoms. The van der Waals surface area contributed by atoms with Gasteiger partial charge in [0.15, 0.2) is 0 Å². The van der Waals surface area contributed by atoms with E-state index < -0.39 is 0 Å². The zero-order valence-corrected chi connectivity index (χ0v) is 13.2. The summed E-state index contributed by atoms with van der Waals surface area (Å²) in [5.41, 5.74) is 0.259. The van der Waals surface area contributed by atoms with Gasteiger partial charge in [-0.05, 0) is 46.2 Å². The van der Waals surface area contributed by atoms with Gasteiger partial charge in [0.05, 0.1) is 5.02 Å². The second-order valence-corrected chi connectivity index (χ2v) is 7.83. The highest BCUT2D eigenvalue weighted by Gasteiger charge is 2.36. The molecule has 18 heavy (non-hydrogen) atoms. The molecule has 1 aliphatic rings. The minimum Gasteiger partial charge on any atom is -0.295 e. The molecule has 0 unspecified atom stereocenters. The highest BCUT2D eigenvalue weighted by Crippen LogP contribution is 2.38. The first-order chi connectivity index (χ1) is 8.38. The Hall–Kier alpha value is -0.180. The van der Waals surface area contributed by atoms with Crippen molar-refractivity contribution >= 4 is 23.4 Å². The second-order valence-electron chi connectivity index (χ2n) is 6.08. The predicted octanol–water partition coefficient (Wildman–Crippen LogP) is 4.69. The minimum atomic E-state index is 0.259. The van der Waals surface area contributed by atoms with Gasteiger partial charge in [-0.1, -0.05) is 23.7 Å². The lowest BCUT2D eigenvalue weighted by molar-refractivity contribution is 0.131. The van der Waals surface area contributed by atoms with Crippen LogP contribution in [0.15, 0.2) is 29.2 Å². The van der Waals surface area contributed by atoms with Crippen LogP contribution in [0.3, 0.4) is 0 Å². The molecule has 0 spiro atoms. The summed E-state index contributed by atoms with van der Waals surface area (Å²) >= 11 is 8.16. The second kappa shape index (κ2) is 5.44. The number of halogens is 1. The fourth-order valence-corrected chi connectivity index (χ4v) is 4.30. The highest BCUT2D eigenvalue weighted by atomic mass is 35.5. The van der Waals surface area contributed by atoms with Crippen LogP contribution in [0.25, 0.3) is 0 Å². The van der Waals surface area contributed by atoms with Gasteiger partial charge < -0.3 is 0 Å². The molecule has 0 radical (unpaired) electrons. The van der Waals surface area contributed by atoms with Crippen LogP contribution in [0, 0.1) is 0 Å². The maximum absolute atomic E-state index is 6.23. The maximum atomic E-state index is 6.23.